The highest BCUT2D eigenvalue weighted by Gasteiger charge is 2.12. The molecule has 17 heavy (non-hydrogen) atoms. The number of hydrogen-bond donors (Lipinski definition) is 1. The van der Waals surface area contributed by atoms with Crippen LogP contribution in [-0.4, -0.2) is 38.5 Å². The molecule has 0 aromatic heterocycles. The van der Waals surface area contributed by atoms with Crippen molar-refractivity contribution in [3.8, 4) is 11.5 Å². The van der Waals surface area contributed by atoms with Gasteiger partial charge in [0.25, 0.3) is 0 Å². The highest BCUT2D eigenvalue weighted by atomic mass is 16.5. The highest BCUT2D eigenvalue weighted by molar-refractivity contribution is 5.91. The summed E-state index contributed by atoms with van der Waals surface area (Å²) >= 11 is 0. The fourth-order valence-corrected chi connectivity index (χ4v) is 1.31. The van der Waals surface area contributed by atoms with Crippen LogP contribution in [0.1, 0.15) is 16.8 Å². The zero-order valence-corrected chi connectivity index (χ0v) is 9.93. The van der Waals surface area contributed by atoms with Crippen LogP contribution in [-0.2, 0) is 4.74 Å². The van der Waals surface area contributed by atoms with E-state index in [9.17, 15) is 4.79 Å². The van der Waals surface area contributed by atoms with Crippen molar-refractivity contribution in [1.82, 2.24) is 0 Å². The Kier molecular flexibility index (Phi) is 5.29. The standard InChI is InChI=1S/C12H16O5/c1-15-6-3-7-17-11-8-9(16-2)4-5-10(11)12(13)14/h4-5,8H,3,6-7H2,1-2H3,(H,13,14). The first-order valence-corrected chi connectivity index (χ1v) is 5.22. The lowest BCUT2D eigenvalue weighted by atomic mass is 10.2. The molecule has 94 valence electrons. The molecule has 5 nitrogen and oxygen atoms in total. The van der Waals surface area contributed by atoms with Gasteiger partial charge in [-0.1, -0.05) is 0 Å². The average Bonchev–Trinajstić information content (AvgIpc) is 2.34. The first-order chi connectivity index (χ1) is 8.19. The Morgan fingerprint density at radius 2 is 2.06 bits per heavy atom. The number of aromatic carboxylic acids is 1. The SMILES string of the molecule is COCCCOc1cc(OC)ccc1C(=O)O. The Balaban J connectivity index is 2.75. The molecule has 0 atom stereocenters. The van der Waals surface area contributed by atoms with E-state index in [0.29, 0.717) is 31.1 Å². The summed E-state index contributed by atoms with van der Waals surface area (Å²) in [5.74, 6) is -0.140. The van der Waals surface area contributed by atoms with Crippen molar-refractivity contribution < 1.29 is 24.1 Å². The van der Waals surface area contributed by atoms with Crippen molar-refractivity contribution in [3.63, 3.8) is 0 Å². The van der Waals surface area contributed by atoms with Gasteiger partial charge >= 0.3 is 5.97 Å². The molecular weight excluding hydrogens is 224 g/mol. The number of methoxy groups -OCH3 is 2. The van der Waals surface area contributed by atoms with Gasteiger partial charge in [0.1, 0.15) is 17.1 Å². The number of carboxylic acids is 1. The topological polar surface area (TPSA) is 65.0 Å². The largest absolute Gasteiger partial charge is 0.497 e. The molecule has 0 bridgehead atoms. The van der Waals surface area contributed by atoms with Gasteiger partial charge in [-0.15, -0.1) is 0 Å². The molecule has 1 aromatic rings. The van der Waals surface area contributed by atoms with Crippen LogP contribution in [0.2, 0.25) is 0 Å². The smallest absolute Gasteiger partial charge is 0.339 e. The second-order valence-corrected chi connectivity index (χ2v) is 3.36. The lowest BCUT2D eigenvalue weighted by Crippen LogP contribution is -2.06. The summed E-state index contributed by atoms with van der Waals surface area (Å²) in [6, 6.07) is 4.62. The van der Waals surface area contributed by atoms with Crippen molar-refractivity contribution in [2.75, 3.05) is 27.4 Å². The number of ether oxygens (including phenoxy) is 3. The van der Waals surface area contributed by atoms with E-state index in [0.717, 1.165) is 0 Å². The quantitative estimate of drug-likeness (QED) is 0.736. The molecule has 0 aliphatic carbocycles. The summed E-state index contributed by atoms with van der Waals surface area (Å²) in [6.07, 6.45) is 0.701. The van der Waals surface area contributed by atoms with Crippen LogP contribution in [0.3, 0.4) is 0 Å². The summed E-state index contributed by atoms with van der Waals surface area (Å²) < 4.78 is 15.3. The van der Waals surface area contributed by atoms with Crippen molar-refractivity contribution in [1.29, 1.82) is 0 Å². The number of benzene rings is 1. The molecule has 0 spiro atoms. The van der Waals surface area contributed by atoms with E-state index < -0.39 is 5.97 Å². The minimum atomic E-state index is -1.02. The van der Waals surface area contributed by atoms with Crippen LogP contribution in [0.15, 0.2) is 18.2 Å². The molecule has 0 aliphatic rings. The van der Waals surface area contributed by atoms with E-state index in [2.05, 4.69) is 0 Å². The summed E-state index contributed by atoms with van der Waals surface area (Å²) in [5.41, 5.74) is 0.128. The van der Waals surface area contributed by atoms with E-state index in [-0.39, 0.29) is 5.56 Å². The van der Waals surface area contributed by atoms with Crippen LogP contribution >= 0.6 is 0 Å². The molecule has 1 aromatic carbocycles. The number of carbonyl (C=O) groups is 1. The maximum Gasteiger partial charge on any atom is 0.339 e. The van der Waals surface area contributed by atoms with Gasteiger partial charge in [0.2, 0.25) is 0 Å². The van der Waals surface area contributed by atoms with Gasteiger partial charge in [0.05, 0.1) is 13.7 Å². The highest BCUT2D eigenvalue weighted by Crippen LogP contribution is 2.24. The molecule has 0 saturated heterocycles. The first-order valence-electron chi connectivity index (χ1n) is 5.22. The van der Waals surface area contributed by atoms with Gasteiger partial charge in [0.15, 0.2) is 0 Å². The molecule has 0 fully saturated rings. The lowest BCUT2D eigenvalue weighted by molar-refractivity contribution is 0.0691. The normalized spacial score (nSPS) is 10.0. The molecule has 0 amide bonds. The molecule has 1 N–H and O–H groups in total. The molecule has 5 heteroatoms. The summed E-state index contributed by atoms with van der Waals surface area (Å²) in [5, 5.41) is 8.99. The summed E-state index contributed by atoms with van der Waals surface area (Å²) in [4.78, 5) is 11.0. The zero-order valence-electron chi connectivity index (χ0n) is 9.93. The Morgan fingerprint density at radius 3 is 2.65 bits per heavy atom. The number of carboxylic acid groups (broad SMARTS) is 1. The van der Waals surface area contributed by atoms with Gasteiger partial charge in [-0.3, -0.25) is 0 Å². The molecule has 1 rings (SSSR count). The fourth-order valence-electron chi connectivity index (χ4n) is 1.31. The monoisotopic (exact) mass is 240 g/mol. The van der Waals surface area contributed by atoms with E-state index in [4.69, 9.17) is 19.3 Å². The summed E-state index contributed by atoms with van der Waals surface area (Å²) in [7, 11) is 3.12. The lowest BCUT2D eigenvalue weighted by Gasteiger charge is -2.10. The molecule has 0 radical (unpaired) electrons. The molecule has 0 saturated carbocycles. The van der Waals surface area contributed by atoms with Crippen molar-refractivity contribution in [2.45, 2.75) is 6.42 Å². The van der Waals surface area contributed by atoms with Gasteiger partial charge in [0, 0.05) is 26.2 Å². The van der Waals surface area contributed by atoms with Crippen LogP contribution in [0.25, 0.3) is 0 Å². The second kappa shape index (κ2) is 6.75. The van der Waals surface area contributed by atoms with Crippen LogP contribution in [0, 0.1) is 0 Å². The third-order valence-corrected chi connectivity index (χ3v) is 2.17. The van der Waals surface area contributed by atoms with Gasteiger partial charge < -0.3 is 19.3 Å². The van der Waals surface area contributed by atoms with Crippen molar-refractivity contribution >= 4 is 5.97 Å². The summed E-state index contributed by atoms with van der Waals surface area (Å²) in [6.45, 7) is 0.980. The van der Waals surface area contributed by atoms with Crippen molar-refractivity contribution in [2.24, 2.45) is 0 Å². The molecule has 0 unspecified atom stereocenters. The van der Waals surface area contributed by atoms with E-state index in [1.165, 1.54) is 13.2 Å². The minimum absolute atomic E-state index is 0.128. The third kappa shape index (κ3) is 3.96. The Labute approximate surface area is 99.9 Å². The zero-order chi connectivity index (χ0) is 12.7. The van der Waals surface area contributed by atoms with Crippen molar-refractivity contribution in [3.05, 3.63) is 23.8 Å². The Morgan fingerprint density at radius 1 is 1.29 bits per heavy atom. The minimum Gasteiger partial charge on any atom is -0.497 e. The van der Waals surface area contributed by atoms with Crippen LogP contribution < -0.4 is 9.47 Å². The van der Waals surface area contributed by atoms with E-state index >= 15 is 0 Å². The van der Waals surface area contributed by atoms with Gasteiger partial charge in [-0.25, -0.2) is 4.79 Å². The van der Waals surface area contributed by atoms with Gasteiger partial charge in [-0.2, -0.15) is 0 Å². The fraction of sp³-hybridized carbons (Fsp3) is 0.417. The Bertz CT molecular complexity index is 375. The second-order valence-electron chi connectivity index (χ2n) is 3.36. The average molecular weight is 240 g/mol. The van der Waals surface area contributed by atoms with Crippen LogP contribution in [0.4, 0.5) is 0 Å². The number of hydrogen-bond acceptors (Lipinski definition) is 4. The maximum atomic E-state index is 11.0. The molecule has 0 aliphatic heterocycles. The van der Waals surface area contributed by atoms with Gasteiger partial charge in [-0.05, 0) is 12.1 Å². The van der Waals surface area contributed by atoms with E-state index in [1.807, 2.05) is 0 Å². The maximum absolute atomic E-state index is 11.0. The van der Waals surface area contributed by atoms with Crippen LogP contribution in [0.5, 0.6) is 11.5 Å². The third-order valence-electron chi connectivity index (χ3n) is 2.17. The first kappa shape index (κ1) is 13.3. The molecule has 0 heterocycles. The number of rotatable bonds is 7. The molecular formula is C12H16O5. The predicted molar refractivity (Wildman–Crippen MR) is 61.9 cm³/mol. The Hall–Kier alpha value is -1.75. The van der Waals surface area contributed by atoms with E-state index in [1.54, 1.807) is 19.2 Å². The predicted octanol–water partition coefficient (Wildman–Crippen LogP) is 1.81.